The Morgan fingerprint density at radius 2 is 1.79 bits per heavy atom. The maximum absolute atomic E-state index is 12.4. The molecule has 19 heavy (non-hydrogen) atoms. The lowest BCUT2D eigenvalue weighted by Crippen LogP contribution is -2.44. The van der Waals surface area contributed by atoms with Crippen molar-refractivity contribution in [3.63, 3.8) is 0 Å². The van der Waals surface area contributed by atoms with Crippen LogP contribution in [0.2, 0.25) is 0 Å². The number of halogens is 3. The molecule has 1 aromatic rings. The molecule has 104 valence electrons. The van der Waals surface area contributed by atoms with Gasteiger partial charge in [-0.25, -0.2) is 0 Å². The van der Waals surface area contributed by atoms with Gasteiger partial charge in [0.25, 0.3) is 0 Å². The van der Waals surface area contributed by atoms with Crippen LogP contribution in [0.25, 0.3) is 0 Å². The second-order valence-electron chi connectivity index (χ2n) is 5.21. The number of benzene rings is 1. The molecule has 0 radical (unpaired) electrons. The lowest BCUT2D eigenvalue weighted by molar-refractivity contribution is -0.137. The van der Waals surface area contributed by atoms with Gasteiger partial charge < -0.3 is 5.32 Å². The van der Waals surface area contributed by atoms with E-state index in [1.165, 1.54) is 12.1 Å². The first-order valence-electron chi connectivity index (χ1n) is 5.93. The number of amides is 1. The van der Waals surface area contributed by atoms with E-state index in [4.69, 9.17) is 0 Å². The highest BCUT2D eigenvalue weighted by Gasteiger charge is 2.36. The predicted octanol–water partition coefficient (Wildman–Crippen LogP) is 2.07. The molecule has 2 rings (SSSR count). The van der Waals surface area contributed by atoms with Gasteiger partial charge in [0, 0.05) is 0 Å². The maximum Gasteiger partial charge on any atom is 0.416 e. The van der Waals surface area contributed by atoms with Gasteiger partial charge in [-0.15, -0.1) is 0 Å². The fraction of sp³-hybridized carbons (Fsp3) is 0.462. The molecule has 0 spiro atoms. The van der Waals surface area contributed by atoms with Crippen molar-refractivity contribution in [3.8, 4) is 0 Å². The van der Waals surface area contributed by atoms with E-state index in [0.29, 0.717) is 12.0 Å². The van der Waals surface area contributed by atoms with E-state index < -0.39 is 23.4 Å². The number of rotatable bonds is 2. The van der Waals surface area contributed by atoms with E-state index in [9.17, 15) is 18.0 Å². The summed E-state index contributed by atoms with van der Waals surface area (Å²) in [7, 11) is 0. The molecule has 1 amide bonds. The average molecular weight is 272 g/mol. The molecule has 2 N–H and O–H groups in total. The molecule has 1 fully saturated rings. The topological polar surface area (TPSA) is 41.1 Å². The summed E-state index contributed by atoms with van der Waals surface area (Å²) in [4.78, 5) is 11.7. The third kappa shape index (κ3) is 3.26. The Hall–Kier alpha value is -1.56. The van der Waals surface area contributed by atoms with E-state index in [0.717, 1.165) is 12.1 Å². The van der Waals surface area contributed by atoms with E-state index in [1.807, 2.05) is 13.8 Å². The van der Waals surface area contributed by atoms with Crippen LogP contribution in [0.5, 0.6) is 0 Å². The molecule has 6 heteroatoms. The molecule has 0 bridgehead atoms. The Balaban J connectivity index is 2.07. The van der Waals surface area contributed by atoms with Gasteiger partial charge in [-0.2, -0.15) is 13.2 Å². The van der Waals surface area contributed by atoms with Crippen LogP contribution in [0.1, 0.15) is 25.0 Å². The van der Waals surface area contributed by atoms with Crippen molar-refractivity contribution < 1.29 is 18.0 Å². The van der Waals surface area contributed by atoms with Crippen molar-refractivity contribution in [2.75, 3.05) is 0 Å². The van der Waals surface area contributed by atoms with Crippen LogP contribution < -0.4 is 10.6 Å². The second-order valence-corrected chi connectivity index (χ2v) is 5.21. The van der Waals surface area contributed by atoms with Crippen LogP contribution in [0, 0.1) is 0 Å². The Morgan fingerprint density at radius 3 is 2.21 bits per heavy atom. The molecule has 1 aliphatic heterocycles. The number of carbonyl (C=O) groups excluding carboxylic acids is 1. The van der Waals surface area contributed by atoms with Gasteiger partial charge >= 0.3 is 6.18 Å². The summed E-state index contributed by atoms with van der Waals surface area (Å²) in [6, 6.07) is 4.47. The third-order valence-electron chi connectivity index (χ3n) is 3.01. The standard InChI is InChI=1S/C13H15F3N2O/c1-12(2)17-10(11(19)18-12)7-8-3-5-9(6-4-8)13(14,15)16/h3-6,10,17H,7H2,1-2H3,(H,18,19)/t10-/m0/s1. The number of hydrogen-bond donors (Lipinski definition) is 2. The molecule has 1 saturated heterocycles. The predicted molar refractivity (Wildman–Crippen MR) is 64.3 cm³/mol. The highest BCUT2D eigenvalue weighted by Crippen LogP contribution is 2.29. The molecule has 1 heterocycles. The summed E-state index contributed by atoms with van der Waals surface area (Å²) in [5.41, 5.74) is -0.466. The smallest absolute Gasteiger partial charge is 0.337 e. The number of hydrogen-bond acceptors (Lipinski definition) is 2. The van der Waals surface area contributed by atoms with Gasteiger partial charge in [0.1, 0.15) is 0 Å². The van der Waals surface area contributed by atoms with Crippen LogP contribution in [0.4, 0.5) is 13.2 Å². The van der Waals surface area contributed by atoms with E-state index >= 15 is 0 Å². The first kappa shape index (κ1) is 13.9. The molecule has 0 aliphatic carbocycles. The van der Waals surface area contributed by atoms with E-state index in [2.05, 4.69) is 10.6 Å². The zero-order valence-corrected chi connectivity index (χ0v) is 10.6. The van der Waals surface area contributed by atoms with Crippen LogP contribution in [0.15, 0.2) is 24.3 Å². The van der Waals surface area contributed by atoms with Crippen molar-refractivity contribution in [2.24, 2.45) is 0 Å². The Morgan fingerprint density at radius 1 is 1.21 bits per heavy atom. The quantitative estimate of drug-likeness (QED) is 0.865. The third-order valence-corrected chi connectivity index (χ3v) is 3.01. The number of nitrogens with one attached hydrogen (secondary N) is 2. The SMILES string of the molecule is CC1(C)NC(=O)[C@H](Cc2ccc(C(F)(F)F)cc2)N1. The average Bonchev–Trinajstić information content (AvgIpc) is 2.51. The maximum atomic E-state index is 12.4. The summed E-state index contributed by atoms with van der Waals surface area (Å²) in [6.07, 6.45) is -3.96. The zero-order chi connectivity index (χ0) is 14.3. The minimum Gasteiger partial charge on any atom is -0.337 e. The van der Waals surface area contributed by atoms with Crippen LogP contribution >= 0.6 is 0 Å². The summed E-state index contributed by atoms with van der Waals surface area (Å²) < 4.78 is 37.2. The first-order chi connectivity index (χ1) is 8.67. The van der Waals surface area contributed by atoms with Gasteiger partial charge in [0.05, 0.1) is 17.3 Å². The van der Waals surface area contributed by atoms with Crippen molar-refractivity contribution >= 4 is 5.91 Å². The van der Waals surface area contributed by atoms with Crippen LogP contribution in [-0.2, 0) is 17.4 Å². The lowest BCUT2D eigenvalue weighted by atomic mass is 10.0. The van der Waals surface area contributed by atoms with Crippen molar-refractivity contribution in [1.82, 2.24) is 10.6 Å². The minimum absolute atomic E-state index is 0.134. The molecule has 0 aromatic heterocycles. The van der Waals surface area contributed by atoms with Crippen LogP contribution in [0.3, 0.4) is 0 Å². The molecular formula is C13H15F3N2O. The van der Waals surface area contributed by atoms with Gasteiger partial charge in [-0.1, -0.05) is 12.1 Å². The molecule has 0 saturated carbocycles. The van der Waals surface area contributed by atoms with Crippen molar-refractivity contribution in [3.05, 3.63) is 35.4 Å². The fourth-order valence-electron chi connectivity index (χ4n) is 2.14. The highest BCUT2D eigenvalue weighted by atomic mass is 19.4. The summed E-state index contributed by atoms with van der Waals surface area (Å²) in [5.74, 6) is -0.134. The summed E-state index contributed by atoms with van der Waals surface area (Å²) >= 11 is 0. The van der Waals surface area contributed by atoms with E-state index in [-0.39, 0.29) is 5.91 Å². The Kier molecular flexibility index (Phi) is 3.30. The van der Waals surface area contributed by atoms with E-state index in [1.54, 1.807) is 0 Å². The molecule has 1 atom stereocenters. The largest absolute Gasteiger partial charge is 0.416 e. The minimum atomic E-state index is -4.33. The summed E-state index contributed by atoms with van der Waals surface area (Å²) in [5, 5.41) is 5.86. The van der Waals surface area contributed by atoms with Crippen molar-refractivity contribution in [2.45, 2.75) is 38.1 Å². The molecule has 0 unspecified atom stereocenters. The zero-order valence-electron chi connectivity index (χ0n) is 10.6. The second kappa shape index (κ2) is 4.52. The lowest BCUT2D eigenvalue weighted by Gasteiger charge is -2.18. The monoisotopic (exact) mass is 272 g/mol. The molecule has 1 aromatic carbocycles. The number of carbonyl (C=O) groups is 1. The fourth-order valence-corrected chi connectivity index (χ4v) is 2.14. The Bertz CT molecular complexity index is 480. The van der Waals surface area contributed by atoms with Gasteiger partial charge in [0.2, 0.25) is 5.91 Å². The van der Waals surface area contributed by atoms with Gasteiger partial charge in [-0.3, -0.25) is 10.1 Å². The Labute approximate surface area is 109 Å². The normalized spacial score (nSPS) is 22.4. The van der Waals surface area contributed by atoms with Crippen molar-refractivity contribution in [1.29, 1.82) is 0 Å². The first-order valence-corrected chi connectivity index (χ1v) is 5.93. The number of alkyl halides is 3. The van der Waals surface area contributed by atoms with Gasteiger partial charge in [-0.05, 0) is 38.0 Å². The molecule has 1 aliphatic rings. The van der Waals surface area contributed by atoms with Gasteiger partial charge in [0.15, 0.2) is 0 Å². The van der Waals surface area contributed by atoms with Crippen LogP contribution in [-0.4, -0.2) is 17.6 Å². The highest BCUT2D eigenvalue weighted by molar-refractivity contribution is 5.85. The molecular weight excluding hydrogens is 257 g/mol. The molecule has 3 nitrogen and oxygen atoms in total. The summed E-state index contributed by atoms with van der Waals surface area (Å²) in [6.45, 7) is 3.66.